The topological polar surface area (TPSA) is 21.3 Å². The molecule has 0 radical (unpaired) electrons. The summed E-state index contributed by atoms with van der Waals surface area (Å²) in [5.74, 6) is -2.28. The van der Waals surface area contributed by atoms with E-state index in [1.165, 1.54) is 0 Å². The maximum atomic E-state index is 13.0. The third-order valence-corrected chi connectivity index (χ3v) is 3.53. The number of methoxy groups -OCH3 is 1. The van der Waals surface area contributed by atoms with Crippen LogP contribution < -0.4 is 5.32 Å². The van der Waals surface area contributed by atoms with E-state index in [4.69, 9.17) is 4.74 Å². The number of hydrogen-bond acceptors (Lipinski definition) is 2. The van der Waals surface area contributed by atoms with E-state index in [1.54, 1.807) is 7.11 Å². The monoisotopic (exact) mass is 249 g/mol. The molecule has 0 bridgehead atoms. The number of rotatable bonds is 7. The second-order valence-electron chi connectivity index (χ2n) is 6.00. The average Bonchev–Trinajstić information content (AvgIpc) is 2.55. The van der Waals surface area contributed by atoms with Crippen molar-refractivity contribution in [1.29, 1.82) is 0 Å². The van der Waals surface area contributed by atoms with Crippen LogP contribution in [0.5, 0.6) is 0 Å². The zero-order valence-corrected chi connectivity index (χ0v) is 11.2. The first-order chi connectivity index (χ1) is 7.85. The van der Waals surface area contributed by atoms with Gasteiger partial charge in [0.15, 0.2) is 0 Å². The van der Waals surface area contributed by atoms with Crippen LogP contribution in [-0.2, 0) is 4.74 Å². The first-order valence-electron chi connectivity index (χ1n) is 6.42. The molecule has 1 rings (SSSR count). The highest BCUT2D eigenvalue weighted by atomic mass is 19.3. The van der Waals surface area contributed by atoms with Crippen LogP contribution in [0.2, 0.25) is 0 Å². The molecule has 0 saturated heterocycles. The smallest absolute Gasteiger partial charge is 0.248 e. The Morgan fingerprint density at radius 3 is 2.65 bits per heavy atom. The summed E-state index contributed by atoms with van der Waals surface area (Å²) in [5.41, 5.74) is 0.164. The Morgan fingerprint density at radius 1 is 1.41 bits per heavy atom. The van der Waals surface area contributed by atoms with Gasteiger partial charge < -0.3 is 10.1 Å². The van der Waals surface area contributed by atoms with Crippen LogP contribution in [0.15, 0.2) is 0 Å². The zero-order valence-electron chi connectivity index (χ0n) is 11.2. The average molecular weight is 249 g/mol. The minimum absolute atomic E-state index is 0.0541. The second kappa shape index (κ2) is 6.10. The molecule has 1 saturated carbocycles. The van der Waals surface area contributed by atoms with Gasteiger partial charge >= 0.3 is 0 Å². The molecule has 0 aromatic carbocycles. The molecule has 1 aliphatic carbocycles. The molecule has 0 aromatic rings. The third-order valence-electron chi connectivity index (χ3n) is 3.53. The van der Waals surface area contributed by atoms with Gasteiger partial charge in [0.2, 0.25) is 5.92 Å². The minimum Gasteiger partial charge on any atom is -0.385 e. The first kappa shape index (κ1) is 14.8. The lowest BCUT2D eigenvalue weighted by Crippen LogP contribution is -2.33. The fourth-order valence-electron chi connectivity index (χ4n) is 2.30. The van der Waals surface area contributed by atoms with E-state index in [1.807, 2.05) is 0 Å². The molecular weight excluding hydrogens is 224 g/mol. The molecule has 0 aliphatic heterocycles. The van der Waals surface area contributed by atoms with Crippen molar-refractivity contribution in [3.8, 4) is 0 Å². The normalized spacial score (nSPS) is 24.2. The van der Waals surface area contributed by atoms with Gasteiger partial charge in [-0.3, -0.25) is 0 Å². The molecule has 0 aromatic heterocycles. The van der Waals surface area contributed by atoms with Gasteiger partial charge in [0.1, 0.15) is 0 Å². The van der Waals surface area contributed by atoms with Gasteiger partial charge in [-0.25, -0.2) is 8.78 Å². The van der Waals surface area contributed by atoms with E-state index < -0.39 is 5.92 Å². The van der Waals surface area contributed by atoms with Gasteiger partial charge in [0.05, 0.1) is 0 Å². The van der Waals surface area contributed by atoms with Gasteiger partial charge in [-0.15, -0.1) is 0 Å². The Bertz CT molecular complexity index is 231. The summed E-state index contributed by atoms with van der Waals surface area (Å²) in [4.78, 5) is 0. The van der Waals surface area contributed by atoms with Crippen molar-refractivity contribution >= 4 is 0 Å². The van der Waals surface area contributed by atoms with Crippen molar-refractivity contribution in [3.05, 3.63) is 0 Å². The van der Waals surface area contributed by atoms with Crippen molar-refractivity contribution in [2.45, 2.75) is 45.5 Å². The minimum atomic E-state index is -2.42. The molecule has 1 aliphatic rings. The summed E-state index contributed by atoms with van der Waals surface area (Å²) < 4.78 is 31.0. The van der Waals surface area contributed by atoms with E-state index >= 15 is 0 Å². The van der Waals surface area contributed by atoms with Crippen molar-refractivity contribution in [3.63, 3.8) is 0 Å². The molecule has 0 spiro atoms. The Labute approximate surface area is 103 Å². The van der Waals surface area contributed by atoms with Crippen LogP contribution in [-0.4, -0.2) is 32.7 Å². The van der Waals surface area contributed by atoms with Crippen molar-refractivity contribution in [2.75, 3.05) is 26.8 Å². The molecule has 102 valence electrons. The van der Waals surface area contributed by atoms with E-state index in [-0.39, 0.29) is 24.2 Å². The number of nitrogens with one attached hydrogen (secondary N) is 1. The fraction of sp³-hybridized carbons (Fsp3) is 1.00. The molecule has 1 unspecified atom stereocenters. The quantitative estimate of drug-likeness (QED) is 0.748. The molecule has 1 fully saturated rings. The molecule has 2 nitrogen and oxygen atoms in total. The lowest BCUT2D eigenvalue weighted by Gasteiger charge is -2.25. The van der Waals surface area contributed by atoms with Crippen LogP contribution in [0.1, 0.15) is 39.5 Å². The Balaban J connectivity index is 2.15. The molecule has 4 heteroatoms. The number of halogens is 2. The van der Waals surface area contributed by atoms with Gasteiger partial charge in [-0.05, 0) is 30.7 Å². The standard InChI is InChI=1S/C13H25F2NO/c1-12(2,6-7-17-3)10-16-9-11-4-5-13(14,15)8-11/h11,16H,4-10H2,1-3H3. The van der Waals surface area contributed by atoms with Crippen molar-refractivity contribution in [1.82, 2.24) is 5.32 Å². The third kappa shape index (κ3) is 5.77. The van der Waals surface area contributed by atoms with Crippen molar-refractivity contribution < 1.29 is 13.5 Å². The predicted octanol–water partition coefficient (Wildman–Crippen LogP) is 3.07. The van der Waals surface area contributed by atoms with Crippen LogP contribution >= 0.6 is 0 Å². The molecule has 17 heavy (non-hydrogen) atoms. The molecule has 0 amide bonds. The number of hydrogen-bond donors (Lipinski definition) is 1. The SMILES string of the molecule is COCCC(C)(C)CNCC1CCC(F)(F)C1. The summed E-state index contributed by atoms with van der Waals surface area (Å²) in [5, 5.41) is 3.33. The summed E-state index contributed by atoms with van der Waals surface area (Å²) in [6.07, 6.45) is 1.75. The van der Waals surface area contributed by atoms with E-state index in [0.717, 1.165) is 19.6 Å². The largest absolute Gasteiger partial charge is 0.385 e. The van der Waals surface area contributed by atoms with Crippen LogP contribution in [0.25, 0.3) is 0 Å². The molecule has 1 N–H and O–H groups in total. The van der Waals surface area contributed by atoms with E-state index in [0.29, 0.717) is 13.0 Å². The summed E-state index contributed by atoms with van der Waals surface area (Å²) in [6, 6.07) is 0. The van der Waals surface area contributed by atoms with Gasteiger partial charge in [-0.1, -0.05) is 13.8 Å². The van der Waals surface area contributed by atoms with Gasteiger partial charge in [-0.2, -0.15) is 0 Å². The predicted molar refractivity (Wildman–Crippen MR) is 65.4 cm³/mol. The molecular formula is C13H25F2NO. The maximum Gasteiger partial charge on any atom is 0.248 e. The Morgan fingerprint density at radius 2 is 2.12 bits per heavy atom. The highest BCUT2D eigenvalue weighted by Crippen LogP contribution is 2.38. The maximum absolute atomic E-state index is 13.0. The second-order valence-corrected chi connectivity index (χ2v) is 6.00. The van der Waals surface area contributed by atoms with Crippen LogP contribution in [0.4, 0.5) is 8.78 Å². The highest BCUT2D eigenvalue weighted by Gasteiger charge is 2.39. The number of alkyl halides is 2. The van der Waals surface area contributed by atoms with Gasteiger partial charge in [0.25, 0.3) is 0 Å². The van der Waals surface area contributed by atoms with E-state index in [9.17, 15) is 8.78 Å². The lowest BCUT2D eigenvalue weighted by atomic mass is 9.89. The molecule has 0 heterocycles. The van der Waals surface area contributed by atoms with Crippen molar-refractivity contribution in [2.24, 2.45) is 11.3 Å². The number of ether oxygens (including phenoxy) is 1. The highest BCUT2D eigenvalue weighted by molar-refractivity contribution is 4.83. The van der Waals surface area contributed by atoms with E-state index in [2.05, 4.69) is 19.2 Å². The Hall–Kier alpha value is -0.220. The Kier molecular flexibility index (Phi) is 5.32. The van der Waals surface area contributed by atoms with Crippen LogP contribution in [0.3, 0.4) is 0 Å². The lowest BCUT2D eigenvalue weighted by molar-refractivity contribution is 0.00501. The first-order valence-corrected chi connectivity index (χ1v) is 6.42. The van der Waals surface area contributed by atoms with Crippen LogP contribution in [0, 0.1) is 11.3 Å². The summed E-state index contributed by atoms with van der Waals surface area (Å²) >= 11 is 0. The zero-order chi connectivity index (χ0) is 12.9. The fourth-order valence-corrected chi connectivity index (χ4v) is 2.30. The van der Waals surface area contributed by atoms with Gasteiger partial charge in [0, 0.05) is 33.1 Å². The molecule has 1 atom stereocenters. The summed E-state index contributed by atoms with van der Waals surface area (Å²) in [6.45, 7) is 6.66. The summed E-state index contributed by atoms with van der Waals surface area (Å²) in [7, 11) is 1.70.